The zero-order valence-corrected chi connectivity index (χ0v) is 12.1. The topological polar surface area (TPSA) is 26.0 Å². The van der Waals surface area contributed by atoms with Crippen LogP contribution >= 0.6 is 0 Å². The van der Waals surface area contributed by atoms with Crippen LogP contribution in [0.15, 0.2) is 60.7 Å². The second kappa shape index (κ2) is 4.49. The van der Waals surface area contributed by atoms with Crippen LogP contribution in [0, 0.1) is 6.92 Å². The number of nitrogen functional groups attached to an aromatic ring is 1. The lowest BCUT2D eigenvalue weighted by molar-refractivity contribution is 1.26. The Balaban J connectivity index is 1.96. The van der Waals surface area contributed by atoms with E-state index in [4.69, 9.17) is 5.73 Å². The van der Waals surface area contributed by atoms with E-state index in [1.54, 1.807) is 0 Å². The van der Waals surface area contributed by atoms with Crippen molar-refractivity contribution >= 4 is 5.69 Å². The quantitative estimate of drug-likeness (QED) is 0.494. The molecule has 0 bridgehead atoms. The summed E-state index contributed by atoms with van der Waals surface area (Å²) in [5, 5.41) is 0. The molecule has 21 heavy (non-hydrogen) atoms. The maximum absolute atomic E-state index is 6.22. The molecular formula is C20H17N. The van der Waals surface area contributed by atoms with Crippen molar-refractivity contribution < 1.29 is 0 Å². The summed E-state index contributed by atoms with van der Waals surface area (Å²) in [6.45, 7) is 2.11. The van der Waals surface area contributed by atoms with E-state index >= 15 is 0 Å². The van der Waals surface area contributed by atoms with E-state index in [1.807, 2.05) is 6.07 Å². The molecule has 0 amide bonds. The fraction of sp³-hybridized carbons (Fsp3) is 0.100. The first-order valence-electron chi connectivity index (χ1n) is 7.31. The van der Waals surface area contributed by atoms with Crippen LogP contribution in [0.1, 0.15) is 16.7 Å². The Kier molecular flexibility index (Phi) is 2.61. The van der Waals surface area contributed by atoms with Crippen LogP contribution in [-0.4, -0.2) is 0 Å². The van der Waals surface area contributed by atoms with Gasteiger partial charge in [0.05, 0.1) is 0 Å². The van der Waals surface area contributed by atoms with E-state index in [9.17, 15) is 0 Å². The van der Waals surface area contributed by atoms with Crippen molar-refractivity contribution in [3.8, 4) is 22.3 Å². The molecular weight excluding hydrogens is 254 g/mol. The number of benzene rings is 3. The van der Waals surface area contributed by atoms with Crippen molar-refractivity contribution in [2.75, 3.05) is 5.73 Å². The van der Waals surface area contributed by atoms with Gasteiger partial charge in [-0.15, -0.1) is 0 Å². The normalized spacial score (nSPS) is 12.0. The van der Waals surface area contributed by atoms with Crippen LogP contribution in [0.25, 0.3) is 22.3 Å². The molecule has 0 aromatic heterocycles. The van der Waals surface area contributed by atoms with Gasteiger partial charge in [0, 0.05) is 11.3 Å². The molecule has 102 valence electrons. The third-order valence-electron chi connectivity index (χ3n) is 4.35. The van der Waals surface area contributed by atoms with Gasteiger partial charge in [-0.3, -0.25) is 0 Å². The molecule has 4 rings (SSSR count). The molecule has 3 aromatic carbocycles. The second-order valence-electron chi connectivity index (χ2n) is 5.76. The minimum atomic E-state index is 0.852. The minimum absolute atomic E-state index is 0.852. The Morgan fingerprint density at radius 3 is 2.33 bits per heavy atom. The maximum Gasteiger partial charge on any atom is 0.0394 e. The van der Waals surface area contributed by atoms with Gasteiger partial charge in [-0.05, 0) is 53.3 Å². The van der Waals surface area contributed by atoms with Crippen molar-refractivity contribution in [1.29, 1.82) is 0 Å². The molecule has 0 unspecified atom stereocenters. The summed E-state index contributed by atoms with van der Waals surface area (Å²) < 4.78 is 0. The van der Waals surface area contributed by atoms with Crippen LogP contribution in [0.4, 0.5) is 5.69 Å². The summed E-state index contributed by atoms with van der Waals surface area (Å²) in [4.78, 5) is 0. The van der Waals surface area contributed by atoms with Crippen LogP contribution in [0.5, 0.6) is 0 Å². The first-order valence-corrected chi connectivity index (χ1v) is 7.31. The molecule has 0 heterocycles. The SMILES string of the molecule is Cc1ccc(N)c(-c2cccc3c2Cc2ccccc2-3)c1. The molecule has 0 saturated heterocycles. The number of hydrogen-bond acceptors (Lipinski definition) is 1. The van der Waals surface area contributed by atoms with Gasteiger partial charge in [0.1, 0.15) is 0 Å². The van der Waals surface area contributed by atoms with Gasteiger partial charge in [-0.1, -0.05) is 54.1 Å². The first-order chi connectivity index (χ1) is 10.2. The third kappa shape index (κ3) is 1.85. The fourth-order valence-corrected chi connectivity index (χ4v) is 3.31. The molecule has 0 fully saturated rings. The Bertz CT molecular complexity index is 846. The molecule has 1 aliphatic rings. The zero-order valence-electron chi connectivity index (χ0n) is 12.1. The molecule has 2 N–H and O–H groups in total. The van der Waals surface area contributed by atoms with Gasteiger partial charge < -0.3 is 5.73 Å². The molecule has 1 aliphatic carbocycles. The summed E-state index contributed by atoms with van der Waals surface area (Å²) in [5.41, 5.74) is 16.3. The lowest BCUT2D eigenvalue weighted by atomic mass is 9.94. The van der Waals surface area contributed by atoms with Crippen LogP contribution in [-0.2, 0) is 6.42 Å². The Morgan fingerprint density at radius 2 is 1.48 bits per heavy atom. The van der Waals surface area contributed by atoms with Gasteiger partial charge >= 0.3 is 0 Å². The summed E-state index contributed by atoms with van der Waals surface area (Å²) >= 11 is 0. The van der Waals surface area contributed by atoms with Crippen molar-refractivity contribution in [1.82, 2.24) is 0 Å². The highest BCUT2D eigenvalue weighted by Gasteiger charge is 2.21. The summed E-state index contributed by atoms with van der Waals surface area (Å²) in [5.74, 6) is 0. The van der Waals surface area contributed by atoms with Crippen molar-refractivity contribution in [3.05, 3.63) is 77.4 Å². The average Bonchev–Trinajstić information content (AvgIpc) is 2.88. The predicted molar refractivity (Wildman–Crippen MR) is 89.3 cm³/mol. The van der Waals surface area contributed by atoms with Gasteiger partial charge in [-0.25, -0.2) is 0 Å². The van der Waals surface area contributed by atoms with E-state index in [0.717, 1.165) is 17.7 Å². The highest BCUT2D eigenvalue weighted by molar-refractivity contribution is 5.88. The van der Waals surface area contributed by atoms with E-state index < -0.39 is 0 Å². The monoisotopic (exact) mass is 271 g/mol. The minimum Gasteiger partial charge on any atom is -0.398 e. The molecule has 3 aromatic rings. The van der Waals surface area contributed by atoms with E-state index in [1.165, 1.54) is 33.4 Å². The van der Waals surface area contributed by atoms with Crippen molar-refractivity contribution in [3.63, 3.8) is 0 Å². The lowest BCUT2D eigenvalue weighted by Gasteiger charge is -2.12. The first kappa shape index (κ1) is 12.2. The van der Waals surface area contributed by atoms with Crippen LogP contribution in [0.3, 0.4) is 0 Å². The molecule has 0 spiro atoms. The number of anilines is 1. The van der Waals surface area contributed by atoms with Gasteiger partial charge in [0.2, 0.25) is 0 Å². The standard InChI is InChI=1S/C20H17N/c1-13-9-10-20(21)19(11-13)17-8-4-7-16-15-6-3-2-5-14(15)12-18(16)17/h2-11H,12,21H2,1H3. The van der Waals surface area contributed by atoms with Gasteiger partial charge in [-0.2, -0.15) is 0 Å². The second-order valence-corrected chi connectivity index (χ2v) is 5.76. The highest BCUT2D eigenvalue weighted by Crippen LogP contribution is 2.42. The summed E-state index contributed by atoms with van der Waals surface area (Å²) in [6.07, 6.45) is 0.995. The van der Waals surface area contributed by atoms with E-state index in [0.29, 0.717) is 0 Å². The predicted octanol–water partition coefficient (Wildman–Crippen LogP) is 4.82. The number of rotatable bonds is 1. The van der Waals surface area contributed by atoms with Gasteiger partial charge in [0.15, 0.2) is 0 Å². The van der Waals surface area contributed by atoms with Crippen molar-refractivity contribution in [2.45, 2.75) is 13.3 Å². The Labute approximate surface area is 125 Å². The lowest BCUT2D eigenvalue weighted by Crippen LogP contribution is -1.94. The molecule has 0 atom stereocenters. The van der Waals surface area contributed by atoms with Crippen LogP contribution in [0.2, 0.25) is 0 Å². The summed E-state index contributed by atoms with van der Waals surface area (Å²) in [7, 11) is 0. The van der Waals surface area contributed by atoms with E-state index in [-0.39, 0.29) is 0 Å². The largest absolute Gasteiger partial charge is 0.398 e. The van der Waals surface area contributed by atoms with E-state index in [2.05, 4.69) is 61.5 Å². The van der Waals surface area contributed by atoms with Crippen LogP contribution < -0.4 is 5.73 Å². The average molecular weight is 271 g/mol. The molecule has 0 saturated carbocycles. The number of nitrogens with two attached hydrogens (primary N) is 1. The molecule has 1 nitrogen and oxygen atoms in total. The molecule has 0 radical (unpaired) electrons. The summed E-state index contributed by atoms with van der Waals surface area (Å²) in [6, 6.07) is 21.5. The third-order valence-corrected chi connectivity index (χ3v) is 4.35. The smallest absolute Gasteiger partial charge is 0.0394 e. The highest BCUT2D eigenvalue weighted by atomic mass is 14.6. The molecule has 1 heteroatoms. The Hall–Kier alpha value is -2.54. The maximum atomic E-state index is 6.22. The zero-order chi connectivity index (χ0) is 14.4. The number of hydrogen-bond donors (Lipinski definition) is 1. The molecule has 0 aliphatic heterocycles. The fourth-order valence-electron chi connectivity index (χ4n) is 3.31. The Morgan fingerprint density at radius 1 is 0.762 bits per heavy atom. The number of fused-ring (bicyclic) bond motifs is 3. The number of aryl methyl sites for hydroxylation is 1. The van der Waals surface area contributed by atoms with Crippen molar-refractivity contribution in [2.24, 2.45) is 0 Å². The van der Waals surface area contributed by atoms with Gasteiger partial charge in [0.25, 0.3) is 0 Å².